The summed E-state index contributed by atoms with van der Waals surface area (Å²) in [6.45, 7) is 2.70. The van der Waals surface area contributed by atoms with Gasteiger partial charge < -0.3 is 9.64 Å². The number of hydrogen-bond donors (Lipinski definition) is 0. The molecule has 1 heterocycles. The van der Waals surface area contributed by atoms with E-state index in [2.05, 4.69) is 59.5 Å². The maximum atomic E-state index is 6.08. The van der Waals surface area contributed by atoms with Gasteiger partial charge in [0, 0.05) is 18.7 Å². The van der Waals surface area contributed by atoms with Crippen molar-refractivity contribution in [2.75, 3.05) is 13.1 Å². The van der Waals surface area contributed by atoms with Crippen LogP contribution in [0.5, 0.6) is 5.75 Å². The number of ether oxygens (including phenoxy) is 1. The van der Waals surface area contributed by atoms with E-state index in [0.717, 1.165) is 29.4 Å². The summed E-state index contributed by atoms with van der Waals surface area (Å²) >= 11 is 5.65. The summed E-state index contributed by atoms with van der Waals surface area (Å²) in [5.41, 5.74) is 2.28. The SMILES string of the molecule is S=C(c1cccc(OCc2cccc3ccccc23)c1)N1CCCC1. The van der Waals surface area contributed by atoms with Crippen LogP contribution >= 0.6 is 12.2 Å². The van der Waals surface area contributed by atoms with E-state index in [-0.39, 0.29) is 0 Å². The summed E-state index contributed by atoms with van der Waals surface area (Å²) in [6, 6.07) is 22.9. The molecule has 0 aliphatic carbocycles. The highest BCUT2D eigenvalue weighted by molar-refractivity contribution is 7.80. The molecule has 3 heteroatoms. The molecule has 0 N–H and O–H groups in total. The molecule has 3 aromatic rings. The lowest BCUT2D eigenvalue weighted by Gasteiger charge is -2.19. The second kappa shape index (κ2) is 7.24. The number of likely N-dealkylation sites (tertiary alicyclic amines) is 1. The average molecular weight is 347 g/mol. The fraction of sp³-hybridized carbons (Fsp3) is 0.227. The van der Waals surface area contributed by atoms with E-state index in [9.17, 15) is 0 Å². The fourth-order valence-electron chi connectivity index (χ4n) is 3.40. The Labute approximate surface area is 154 Å². The Bertz CT molecular complexity index is 894. The first-order valence-electron chi connectivity index (χ1n) is 8.80. The first kappa shape index (κ1) is 16.1. The minimum atomic E-state index is 0.557. The zero-order chi connectivity index (χ0) is 17.1. The van der Waals surface area contributed by atoms with Crippen LogP contribution in [0.15, 0.2) is 66.7 Å². The predicted octanol–water partition coefficient (Wildman–Crippen LogP) is 5.19. The normalized spacial score (nSPS) is 14.0. The number of hydrogen-bond acceptors (Lipinski definition) is 2. The molecule has 4 rings (SSSR count). The van der Waals surface area contributed by atoms with Gasteiger partial charge in [-0.15, -0.1) is 0 Å². The van der Waals surface area contributed by atoms with Crippen LogP contribution in [0.25, 0.3) is 10.8 Å². The maximum Gasteiger partial charge on any atom is 0.120 e. The molecule has 2 nitrogen and oxygen atoms in total. The lowest BCUT2D eigenvalue weighted by molar-refractivity contribution is 0.307. The number of nitrogens with zero attached hydrogens (tertiary/aromatic N) is 1. The molecular formula is C22H21NOS. The Kier molecular flexibility index (Phi) is 4.66. The first-order chi connectivity index (χ1) is 12.3. The summed E-state index contributed by atoms with van der Waals surface area (Å²) in [7, 11) is 0. The second-order valence-corrected chi connectivity index (χ2v) is 6.84. The van der Waals surface area contributed by atoms with E-state index in [1.165, 1.54) is 29.2 Å². The molecule has 0 radical (unpaired) electrons. The van der Waals surface area contributed by atoms with Gasteiger partial charge >= 0.3 is 0 Å². The van der Waals surface area contributed by atoms with E-state index in [1.807, 2.05) is 12.1 Å². The monoisotopic (exact) mass is 347 g/mol. The molecule has 0 amide bonds. The Morgan fingerprint density at radius 3 is 2.56 bits per heavy atom. The van der Waals surface area contributed by atoms with Crippen LogP contribution in [0.4, 0.5) is 0 Å². The molecular weight excluding hydrogens is 326 g/mol. The third-order valence-electron chi connectivity index (χ3n) is 4.75. The predicted molar refractivity (Wildman–Crippen MR) is 107 cm³/mol. The van der Waals surface area contributed by atoms with E-state index < -0.39 is 0 Å². The van der Waals surface area contributed by atoms with Gasteiger partial charge in [-0.1, -0.05) is 66.8 Å². The van der Waals surface area contributed by atoms with Crippen molar-refractivity contribution in [3.8, 4) is 5.75 Å². The molecule has 3 aromatic carbocycles. The number of fused-ring (bicyclic) bond motifs is 1. The molecule has 1 aliphatic heterocycles. The molecule has 0 saturated carbocycles. The Morgan fingerprint density at radius 2 is 1.68 bits per heavy atom. The maximum absolute atomic E-state index is 6.08. The highest BCUT2D eigenvalue weighted by Gasteiger charge is 2.16. The minimum absolute atomic E-state index is 0.557. The van der Waals surface area contributed by atoms with Crippen molar-refractivity contribution < 1.29 is 4.74 Å². The minimum Gasteiger partial charge on any atom is -0.489 e. The molecule has 1 saturated heterocycles. The molecule has 0 bridgehead atoms. The van der Waals surface area contributed by atoms with Gasteiger partial charge in [-0.25, -0.2) is 0 Å². The highest BCUT2D eigenvalue weighted by atomic mass is 32.1. The average Bonchev–Trinajstić information content (AvgIpc) is 3.21. The van der Waals surface area contributed by atoms with Crippen LogP contribution in [0.1, 0.15) is 24.0 Å². The first-order valence-corrected chi connectivity index (χ1v) is 9.21. The quantitative estimate of drug-likeness (QED) is 0.603. The highest BCUT2D eigenvalue weighted by Crippen LogP contribution is 2.22. The molecule has 0 spiro atoms. The summed E-state index contributed by atoms with van der Waals surface area (Å²) in [6.07, 6.45) is 2.47. The van der Waals surface area contributed by atoms with Gasteiger partial charge in [0.1, 0.15) is 17.3 Å². The van der Waals surface area contributed by atoms with Crippen molar-refractivity contribution in [3.63, 3.8) is 0 Å². The second-order valence-electron chi connectivity index (χ2n) is 6.45. The van der Waals surface area contributed by atoms with Crippen LogP contribution in [0, 0.1) is 0 Å². The summed E-state index contributed by atoms with van der Waals surface area (Å²) in [5, 5.41) is 2.49. The van der Waals surface area contributed by atoms with Crippen molar-refractivity contribution in [2.24, 2.45) is 0 Å². The van der Waals surface area contributed by atoms with Crippen LogP contribution in [-0.4, -0.2) is 23.0 Å². The fourth-order valence-corrected chi connectivity index (χ4v) is 3.71. The Morgan fingerprint density at radius 1 is 0.920 bits per heavy atom. The zero-order valence-electron chi connectivity index (χ0n) is 14.2. The lowest BCUT2D eigenvalue weighted by Crippen LogP contribution is -2.26. The summed E-state index contributed by atoms with van der Waals surface area (Å²) < 4.78 is 6.08. The van der Waals surface area contributed by atoms with Crippen LogP contribution in [0.2, 0.25) is 0 Å². The van der Waals surface area contributed by atoms with Gasteiger partial charge in [0.05, 0.1) is 0 Å². The zero-order valence-corrected chi connectivity index (χ0v) is 15.0. The van der Waals surface area contributed by atoms with Gasteiger partial charge in [0.15, 0.2) is 0 Å². The van der Waals surface area contributed by atoms with E-state index >= 15 is 0 Å². The van der Waals surface area contributed by atoms with Gasteiger partial charge in [-0.2, -0.15) is 0 Å². The third kappa shape index (κ3) is 3.52. The van der Waals surface area contributed by atoms with Gasteiger partial charge in [-0.3, -0.25) is 0 Å². The van der Waals surface area contributed by atoms with Crippen LogP contribution in [0.3, 0.4) is 0 Å². The molecule has 126 valence electrons. The largest absolute Gasteiger partial charge is 0.489 e. The van der Waals surface area contributed by atoms with Gasteiger partial charge in [0.2, 0.25) is 0 Å². The summed E-state index contributed by atoms with van der Waals surface area (Å²) in [4.78, 5) is 3.23. The lowest BCUT2D eigenvalue weighted by atomic mass is 10.1. The Balaban J connectivity index is 1.51. The van der Waals surface area contributed by atoms with Crippen molar-refractivity contribution in [1.82, 2.24) is 4.90 Å². The van der Waals surface area contributed by atoms with E-state index in [0.29, 0.717) is 6.61 Å². The Hall–Kier alpha value is -2.39. The molecule has 25 heavy (non-hydrogen) atoms. The molecule has 1 aliphatic rings. The standard InChI is InChI=1S/C22H21NOS/c25-22(23-13-3-4-14-23)18-9-6-11-20(15-18)24-16-19-10-5-8-17-7-1-2-12-21(17)19/h1-2,5-12,15H,3-4,13-14,16H2. The number of rotatable bonds is 4. The number of benzene rings is 3. The van der Waals surface area contributed by atoms with Gasteiger partial charge in [-0.05, 0) is 41.3 Å². The molecule has 0 atom stereocenters. The van der Waals surface area contributed by atoms with Crippen LogP contribution < -0.4 is 4.74 Å². The van der Waals surface area contributed by atoms with E-state index in [1.54, 1.807) is 0 Å². The van der Waals surface area contributed by atoms with Crippen molar-refractivity contribution >= 4 is 28.0 Å². The summed E-state index contributed by atoms with van der Waals surface area (Å²) in [5.74, 6) is 0.868. The molecule has 0 unspecified atom stereocenters. The van der Waals surface area contributed by atoms with E-state index in [4.69, 9.17) is 17.0 Å². The third-order valence-corrected chi connectivity index (χ3v) is 5.24. The van der Waals surface area contributed by atoms with Crippen molar-refractivity contribution in [3.05, 3.63) is 77.9 Å². The number of thiocarbonyl (C=S) groups is 1. The van der Waals surface area contributed by atoms with Crippen molar-refractivity contribution in [2.45, 2.75) is 19.4 Å². The smallest absolute Gasteiger partial charge is 0.120 e. The van der Waals surface area contributed by atoms with Gasteiger partial charge in [0.25, 0.3) is 0 Å². The van der Waals surface area contributed by atoms with Crippen molar-refractivity contribution in [1.29, 1.82) is 0 Å². The van der Waals surface area contributed by atoms with Crippen LogP contribution in [-0.2, 0) is 6.61 Å². The topological polar surface area (TPSA) is 12.5 Å². The molecule has 0 aromatic heterocycles. The molecule has 1 fully saturated rings.